The molecular formula is C30H48O6. The van der Waals surface area contributed by atoms with E-state index in [1.54, 1.807) is 0 Å². The zero-order valence-corrected chi connectivity index (χ0v) is 23.0. The van der Waals surface area contributed by atoms with Crippen LogP contribution >= 0.6 is 0 Å². The Hall–Kier alpha value is -0.950. The topological polar surface area (TPSA) is 118 Å². The van der Waals surface area contributed by atoms with Gasteiger partial charge in [0.15, 0.2) is 0 Å². The Balaban J connectivity index is 1.65. The molecule has 4 fully saturated rings. The van der Waals surface area contributed by atoms with Crippen molar-refractivity contribution in [2.75, 3.05) is 6.61 Å². The Bertz CT molecular complexity index is 963. The van der Waals surface area contributed by atoms with Crippen LogP contribution in [0.15, 0.2) is 11.6 Å². The van der Waals surface area contributed by atoms with Gasteiger partial charge in [-0.15, -0.1) is 0 Å². The highest BCUT2D eigenvalue weighted by molar-refractivity contribution is 5.76. The number of carboxylic acid groups (broad SMARTS) is 1. The van der Waals surface area contributed by atoms with E-state index in [2.05, 4.69) is 40.7 Å². The van der Waals surface area contributed by atoms with Crippen molar-refractivity contribution in [1.29, 1.82) is 0 Å². The number of allylic oxidation sites excluding steroid dienone is 2. The highest BCUT2D eigenvalue weighted by atomic mass is 16.4. The summed E-state index contributed by atoms with van der Waals surface area (Å²) < 4.78 is 0. The van der Waals surface area contributed by atoms with E-state index in [-0.39, 0.29) is 41.1 Å². The van der Waals surface area contributed by atoms with E-state index in [4.69, 9.17) is 0 Å². The summed E-state index contributed by atoms with van der Waals surface area (Å²) in [6, 6.07) is 0. The lowest BCUT2D eigenvalue weighted by Gasteiger charge is -2.72. The first kappa shape index (κ1) is 26.6. The summed E-state index contributed by atoms with van der Waals surface area (Å²) >= 11 is 0. The van der Waals surface area contributed by atoms with E-state index in [1.807, 2.05) is 6.92 Å². The van der Waals surface area contributed by atoms with Crippen molar-refractivity contribution in [2.45, 2.75) is 105 Å². The maximum Gasteiger partial charge on any atom is 0.310 e. The van der Waals surface area contributed by atoms with Crippen LogP contribution in [-0.2, 0) is 4.79 Å². The Morgan fingerprint density at radius 2 is 1.67 bits per heavy atom. The molecule has 0 aromatic carbocycles. The van der Waals surface area contributed by atoms with Gasteiger partial charge in [-0.3, -0.25) is 4.79 Å². The fourth-order valence-corrected chi connectivity index (χ4v) is 11.2. The number of fused-ring (bicyclic) bond motifs is 7. The third kappa shape index (κ3) is 2.96. The number of hydrogen-bond donors (Lipinski definition) is 5. The molecule has 0 heterocycles. The summed E-state index contributed by atoms with van der Waals surface area (Å²) in [7, 11) is 0. The van der Waals surface area contributed by atoms with Gasteiger partial charge in [-0.05, 0) is 84.9 Å². The van der Waals surface area contributed by atoms with Crippen LogP contribution in [0.1, 0.15) is 86.5 Å². The van der Waals surface area contributed by atoms with E-state index >= 15 is 0 Å². The number of aliphatic hydroxyl groups excluding tert-OH is 4. The van der Waals surface area contributed by atoms with Gasteiger partial charge in [-0.1, -0.05) is 53.2 Å². The minimum atomic E-state index is -1.08. The van der Waals surface area contributed by atoms with Crippen molar-refractivity contribution in [3.63, 3.8) is 0 Å². The molecule has 0 saturated heterocycles. The van der Waals surface area contributed by atoms with Crippen molar-refractivity contribution in [3.05, 3.63) is 11.6 Å². The van der Waals surface area contributed by atoms with Crippen molar-refractivity contribution in [2.24, 2.45) is 56.7 Å². The zero-order chi connectivity index (χ0) is 26.6. The average Bonchev–Trinajstić information content (AvgIpc) is 2.80. The van der Waals surface area contributed by atoms with Crippen LogP contribution in [0.4, 0.5) is 0 Å². The van der Waals surface area contributed by atoms with Crippen LogP contribution in [0.5, 0.6) is 0 Å². The predicted octanol–water partition coefficient (Wildman–Crippen LogP) is 4.00. The molecule has 0 unspecified atom stereocenters. The highest BCUT2D eigenvalue weighted by Gasteiger charge is 2.72. The minimum absolute atomic E-state index is 0.000534. The van der Waals surface area contributed by atoms with Gasteiger partial charge in [-0.25, -0.2) is 0 Å². The summed E-state index contributed by atoms with van der Waals surface area (Å²) in [5.41, 5.74) is -1.41. The van der Waals surface area contributed by atoms with Gasteiger partial charge in [0.1, 0.15) is 0 Å². The van der Waals surface area contributed by atoms with Gasteiger partial charge < -0.3 is 25.5 Å². The van der Waals surface area contributed by atoms with E-state index < -0.39 is 40.5 Å². The number of aliphatic carboxylic acids is 1. The van der Waals surface area contributed by atoms with E-state index in [0.717, 1.165) is 25.7 Å². The summed E-state index contributed by atoms with van der Waals surface area (Å²) in [4.78, 5) is 12.8. The van der Waals surface area contributed by atoms with Gasteiger partial charge in [0.25, 0.3) is 0 Å². The first-order valence-electron chi connectivity index (χ1n) is 14.2. The maximum atomic E-state index is 12.8. The monoisotopic (exact) mass is 504 g/mol. The molecule has 5 aliphatic rings. The molecule has 5 rings (SSSR count). The van der Waals surface area contributed by atoms with Crippen molar-refractivity contribution in [1.82, 2.24) is 0 Å². The van der Waals surface area contributed by atoms with E-state index in [1.165, 1.54) is 5.57 Å². The lowest BCUT2D eigenvalue weighted by molar-refractivity contribution is -0.273. The van der Waals surface area contributed by atoms with E-state index in [9.17, 15) is 30.3 Å². The molecule has 36 heavy (non-hydrogen) atoms. The third-order valence-electron chi connectivity index (χ3n) is 13.4. The van der Waals surface area contributed by atoms with Crippen molar-refractivity contribution < 1.29 is 30.3 Å². The third-order valence-corrected chi connectivity index (χ3v) is 13.4. The number of carboxylic acids is 1. The van der Waals surface area contributed by atoms with Gasteiger partial charge in [0.05, 0.1) is 30.3 Å². The molecule has 0 aromatic rings. The summed E-state index contributed by atoms with van der Waals surface area (Å²) in [5, 5.41) is 54.7. The fraction of sp³-hybridized carbons (Fsp3) is 0.900. The number of hydrogen-bond acceptors (Lipinski definition) is 5. The normalized spacial score (nSPS) is 58.6. The van der Waals surface area contributed by atoms with Crippen LogP contribution < -0.4 is 0 Å². The molecule has 5 aliphatic carbocycles. The lowest BCUT2D eigenvalue weighted by atomic mass is 9.32. The Morgan fingerprint density at radius 3 is 2.28 bits per heavy atom. The number of aliphatic hydroxyl groups is 4. The Morgan fingerprint density at radius 1 is 1.00 bits per heavy atom. The first-order valence-corrected chi connectivity index (χ1v) is 14.2. The van der Waals surface area contributed by atoms with Gasteiger partial charge >= 0.3 is 5.97 Å². The maximum absolute atomic E-state index is 12.8. The van der Waals surface area contributed by atoms with Crippen molar-refractivity contribution in [3.8, 4) is 0 Å². The largest absolute Gasteiger partial charge is 0.481 e. The predicted molar refractivity (Wildman–Crippen MR) is 137 cm³/mol. The molecule has 6 nitrogen and oxygen atoms in total. The SMILES string of the molecule is C[C@H]1[C@H](C)CC[C@]2(C(=O)O)CC[C@]3(C)C(=CC[C@H]4[C@]5(C)C[C@@H](O)[C@H](O)[C@](C)(CO)[C@@H]5[C@@H](O)C[C@]43C)[C@H]12. The molecular weight excluding hydrogens is 456 g/mol. The molecule has 0 spiro atoms. The first-order chi connectivity index (χ1) is 16.6. The second kappa shape index (κ2) is 8.03. The highest BCUT2D eigenvalue weighted by Crippen LogP contribution is 2.75. The number of carbonyl (C=O) groups is 1. The Kier molecular flexibility index (Phi) is 5.95. The van der Waals surface area contributed by atoms with Gasteiger partial charge in [-0.2, -0.15) is 0 Å². The molecule has 4 saturated carbocycles. The molecule has 204 valence electrons. The second-order valence-corrected chi connectivity index (χ2v) is 14.6. The van der Waals surface area contributed by atoms with E-state index in [0.29, 0.717) is 25.2 Å². The number of rotatable bonds is 2. The summed E-state index contributed by atoms with van der Waals surface area (Å²) in [6.07, 6.45) is 4.44. The fourth-order valence-electron chi connectivity index (χ4n) is 11.2. The zero-order valence-electron chi connectivity index (χ0n) is 23.0. The molecule has 0 bridgehead atoms. The van der Waals surface area contributed by atoms with Crippen LogP contribution in [-0.4, -0.2) is 56.4 Å². The second-order valence-electron chi connectivity index (χ2n) is 14.6. The van der Waals surface area contributed by atoms with Crippen LogP contribution in [0, 0.1) is 56.7 Å². The van der Waals surface area contributed by atoms with Gasteiger partial charge in [0, 0.05) is 11.3 Å². The quantitative estimate of drug-likeness (QED) is 0.363. The van der Waals surface area contributed by atoms with Crippen LogP contribution in [0.2, 0.25) is 0 Å². The van der Waals surface area contributed by atoms with Gasteiger partial charge in [0.2, 0.25) is 0 Å². The minimum Gasteiger partial charge on any atom is -0.481 e. The molecule has 13 atom stereocenters. The lowest BCUT2D eigenvalue weighted by Crippen LogP contribution is -2.71. The molecule has 0 amide bonds. The molecule has 0 aromatic heterocycles. The molecule has 0 radical (unpaired) electrons. The standard InChI is InChI=1S/C30H48O6/c1-16-9-10-30(25(35)36)12-11-28(5)18(22(30)17(16)2)7-8-21-26(3)13-20(33)24(34)27(4,15-31)23(26)19(32)14-29(21,28)6/h7,16-17,19-24,31-34H,8-15H2,1-6H3,(H,35,36)/t16-,17+,19+,20-,21+,22+,23-,24+,26+,27-,28-,29-,30+/m1/s1. The molecule has 6 heteroatoms. The molecule has 0 aliphatic heterocycles. The van der Waals surface area contributed by atoms with Crippen molar-refractivity contribution >= 4 is 5.97 Å². The molecule has 5 N–H and O–H groups in total. The smallest absolute Gasteiger partial charge is 0.310 e. The summed E-state index contributed by atoms with van der Waals surface area (Å²) in [5.74, 6) is -0.0914. The summed E-state index contributed by atoms with van der Waals surface area (Å²) in [6.45, 7) is 12.8. The Labute approximate surface area is 216 Å². The van der Waals surface area contributed by atoms with Crippen LogP contribution in [0.3, 0.4) is 0 Å². The van der Waals surface area contributed by atoms with Crippen LogP contribution in [0.25, 0.3) is 0 Å². The average molecular weight is 505 g/mol.